The van der Waals surface area contributed by atoms with Crippen molar-refractivity contribution in [3.63, 3.8) is 0 Å². The Morgan fingerprint density at radius 3 is 2.50 bits per heavy atom. The number of nitrogens with one attached hydrogen (secondary N) is 1. The van der Waals surface area contributed by atoms with Crippen LogP contribution in [0.15, 0.2) is 24.3 Å². The van der Waals surface area contributed by atoms with Crippen molar-refractivity contribution < 1.29 is 24.2 Å². The normalized spacial score (nSPS) is 13.0. The summed E-state index contributed by atoms with van der Waals surface area (Å²) < 4.78 is 10.7. The van der Waals surface area contributed by atoms with E-state index in [2.05, 4.69) is 12.2 Å². The largest absolute Gasteiger partial charge is 0.483 e. The molecule has 0 saturated carbocycles. The minimum Gasteiger partial charge on any atom is -0.483 e. The average Bonchev–Trinajstić information content (AvgIpc) is 2.63. The Hall–Kier alpha value is -2.08. The van der Waals surface area contributed by atoms with Gasteiger partial charge < -0.3 is 19.9 Å². The van der Waals surface area contributed by atoms with E-state index in [0.29, 0.717) is 17.9 Å². The molecule has 1 atom stereocenters. The fraction of sp³-hybridized carbons (Fsp3) is 0.600. The lowest BCUT2D eigenvalue weighted by Gasteiger charge is -2.24. The van der Waals surface area contributed by atoms with Crippen LogP contribution in [0.25, 0.3) is 0 Å². The summed E-state index contributed by atoms with van der Waals surface area (Å²) in [7, 11) is 1.37. The Kier molecular flexibility index (Phi) is 9.73. The fourth-order valence-corrected chi connectivity index (χ4v) is 2.54. The standard InChI is InChI=1S/C20H31NO5/c1-4-5-6-7-10-13-21-18(22)15-26-17-12-9-8-11-16(17)14-20(2,25-3)19(23)24/h8-9,11-12H,4-7,10,13-15H2,1-3H3,(H,21,22)(H,23,24). The lowest BCUT2D eigenvalue weighted by atomic mass is 9.96. The van der Waals surface area contributed by atoms with Gasteiger partial charge in [0.1, 0.15) is 5.75 Å². The second-order valence-corrected chi connectivity index (χ2v) is 6.58. The van der Waals surface area contributed by atoms with E-state index in [0.717, 1.165) is 12.8 Å². The number of rotatable bonds is 13. The second kappa shape index (κ2) is 11.5. The molecule has 0 aliphatic rings. The Balaban J connectivity index is 2.50. The van der Waals surface area contributed by atoms with Crippen molar-refractivity contribution in [1.82, 2.24) is 5.32 Å². The second-order valence-electron chi connectivity index (χ2n) is 6.58. The lowest BCUT2D eigenvalue weighted by Crippen LogP contribution is -2.39. The number of carbonyl (C=O) groups excluding carboxylic acids is 1. The molecule has 0 aromatic heterocycles. The number of carbonyl (C=O) groups is 2. The highest BCUT2D eigenvalue weighted by Gasteiger charge is 2.34. The van der Waals surface area contributed by atoms with Crippen molar-refractivity contribution in [3.8, 4) is 5.75 Å². The van der Waals surface area contributed by atoms with Crippen molar-refractivity contribution in [2.45, 2.75) is 58.0 Å². The van der Waals surface area contributed by atoms with Crippen molar-refractivity contribution >= 4 is 11.9 Å². The van der Waals surface area contributed by atoms with Crippen LogP contribution < -0.4 is 10.1 Å². The van der Waals surface area contributed by atoms with E-state index in [1.54, 1.807) is 24.3 Å². The van der Waals surface area contributed by atoms with Crippen molar-refractivity contribution in [1.29, 1.82) is 0 Å². The van der Waals surface area contributed by atoms with Crippen LogP contribution in [0.2, 0.25) is 0 Å². The number of hydrogen-bond acceptors (Lipinski definition) is 4. The van der Waals surface area contributed by atoms with Gasteiger partial charge in [-0.3, -0.25) is 4.79 Å². The molecule has 2 N–H and O–H groups in total. The zero-order chi connectivity index (χ0) is 19.4. The Morgan fingerprint density at radius 2 is 1.85 bits per heavy atom. The van der Waals surface area contributed by atoms with Crippen molar-refractivity contribution in [2.75, 3.05) is 20.3 Å². The smallest absolute Gasteiger partial charge is 0.336 e. The summed E-state index contributed by atoms with van der Waals surface area (Å²) in [4.78, 5) is 23.3. The van der Waals surface area contributed by atoms with Gasteiger partial charge in [-0.2, -0.15) is 0 Å². The van der Waals surface area contributed by atoms with E-state index in [1.165, 1.54) is 33.3 Å². The molecule has 0 radical (unpaired) electrons. The van der Waals surface area contributed by atoms with Crippen LogP contribution in [0, 0.1) is 0 Å². The predicted molar refractivity (Wildman–Crippen MR) is 100 cm³/mol. The Morgan fingerprint density at radius 1 is 1.15 bits per heavy atom. The van der Waals surface area contributed by atoms with Crippen LogP contribution >= 0.6 is 0 Å². The highest BCUT2D eigenvalue weighted by molar-refractivity contribution is 5.78. The highest BCUT2D eigenvalue weighted by Crippen LogP contribution is 2.25. The summed E-state index contributed by atoms with van der Waals surface area (Å²) in [6.45, 7) is 4.23. The molecule has 1 amide bonds. The van der Waals surface area contributed by atoms with Crippen LogP contribution in [0.3, 0.4) is 0 Å². The van der Waals surface area contributed by atoms with E-state index in [1.807, 2.05) is 0 Å². The predicted octanol–water partition coefficient (Wildman–Crippen LogP) is 3.18. The Labute approximate surface area is 155 Å². The van der Waals surface area contributed by atoms with E-state index in [4.69, 9.17) is 9.47 Å². The lowest BCUT2D eigenvalue weighted by molar-refractivity contribution is -0.159. The third-order valence-electron chi connectivity index (χ3n) is 4.36. The quantitative estimate of drug-likeness (QED) is 0.525. The zero-order valence-corrected chi connectivity index (χ0v) is 16.0. The van der Waals surface area contributed by atoms with Gasteiger partial charge in [0.05, 0.1) is 0 Å². The molecule has 1 aromatic rings. The molecule has 146 valence electrons. The topological polar surface area (TPSA) is 84.9 Å². The minimum atomic E-state index is -1.35. The summed E-state index contributed by atoms with van der Waals surface area (Å²) in [5, 5.41) is 12.2. The number of carboxylic acids is 1. The maximum absolute atomic E-state index is 11.9. The minimum absolute atomic E-state index is 0.0945. The molecule has 0 aliphatic carbocycles. The summed E-state index contributed by atoms with van der Waals surface area (Å²) in [6, 6.07) is 7.10. The molecule has 6 nitrogen and oxygen atoms in total. The number of para-hydroxylation sites is 1. The van der Waals surface area contributed by atoms with Gasteiger partial charge >= 0.3 is 5.97 Å². The molecule has 0 heterocycles. The summed E-state index contributed by atoms with van der Waals surface area (Å²) in [5.41, 5.74) is -0.660. The molecular formula is C20H31NO5. The molecule has 0 aliphatic heterocycles. The molecule has 1 unspecified atom stereocenters. The van der Waals surface area contributed by atoms with E-state index < -0.39 is 11.6 Å². The van der Waals surface area contributed by atoms with Gasteiger partial charge in [0.15, 0.2) is 12.2 Å². The first-order valence-corrected chi connectivity index (χ1v) is 9.19. The van der Waals surface area contributed by atoms with Gasteiger partial charge in [-0.15, -0.1) is 0 Å². The van der Waals surface area contributed by atoms with Crippen LogP contribution in [0.4, 0.5) is 0 Å². The molecule has 0 saturated heterocycles. The average molecular weight is 365 g/mol. The molecule has 1 aromatic carbocycles. The highest BCUT2D eigenvalue weighted by atomic mass is 16.5. The SMILES string of the molecule is CCCCCCCNC(=O)COc1ccccc1CC(C)(OC)C(=O)O. The van der Waals surface area contributed by atoms with Crippen LogP contribution in [-0.4, -0.2) is 42.8 Å². The van der Waals surface area contributed by atoms with Gasteiger partial charge in [0.2, 0.25) is 0 Å². The summed E-state index contributed by atoms with van der Waals surface area (Å²) in [5.74, 6) is -0.728. The number of carboxylic acid groups (broad SMARTS) is 1. The first-order chi connectivity index (χ1) is 12.4. The van der Waals surface area contributed by atoms with Gasteiger partial charge in [-0.25, -0.2) is 4.79 Å². The molecule has 0 spiro atoms. The molecule has 6 heteroatoms. The monoisotopic (exact) mass is 365 g/mol. The summed E-state index contributed by atoms with van der Waals surface area (Å²) >= 11 is 0. The van der Waals surface area contributed by atoms with Crippen molar-refractivity contribution in [2.24, 2.45) is 0 Å². The molecule has 1 rings (SSSR count). The number of amides is 1. The van der Waals surface area contributed by atoms with E-state index in [9.17, 15) is 14.7 Å². The molecule has 26 heavy (non-hydrogen) atoms. The van der Waals surface area contributed by atoms with E-state index >= 15 is 0 Å². The van der Waals surface area contributed by atoms with Crippen molar-refractivity contribution in [3.05, 3.63) is 29.8 Å². The van der Waals surface area contributed by atoms with Crippen LogP contribution in [-0.2, 0) is 20.7 Å². The maximum atomic E-state index is 11.9. The van der Waals surface area contributed by atoms with Crippen LogP contribution in [0.1, 0.15) is 51.5 Å². The van der Waals surface area contributed by atoms with Gasteiger partial charge in [0, 0.05) is 20.1 Å². The first kappa shape index (κ1) is 22.0. The number of methoxy groups -OCH3 is 1. The number of benzene rings is 1. The molecular weight excluding hydrogens is 334 g/mol. The number of hydrogen-bond donors (Lipinski definition) is 2. The first-order valence-electron chi connectivity index (χ1n) is 9.19. The molecule has 0 bridgehead atoms. The fourth-order valence-electron chi connectivity index (χ4n) is 2.54. The van der Waals surface area contributed by atoms with E-state index in [-0.39, 0.29) is 18.9 Å². The third kappa shape index (κ3) is 7.44. The van der Waals surface area contributed by atoms with Gasteiger partial charge in [-0.05, 0) is 25.0 Å². The number of ether oxygens (including phenoxy) is 2. The zero-order valence-electron chi connectivity index (χ0n) is 16.0. The van der Waals surface area contributed by atoms with Gasteiger partial charge in [-0.1, -0.05) is 50.8 Å². The number of aliphatic carboxylic acids is 1. The molecule has 0 fully saturated rings. The summed E-state index contributed by atoms with van der Waals surface area (Å²) in [6.07, 6.45) is 5.84. The van der Waals surface area contributed by atoms with Gasteiger partial charge in [0.25, 0.3) is 5.91 Å². The number of unbranched alkanes of at least 4 members (excludes halogenated alkanes) is 4. The maximum Gasteiger partial charge on any atom is 0.336 e. The van der Waals surface area contributed by atoms with Crippen LogP contribution in [0.5, 0.6) is 5.75 Å². The third-order valence-corrected chi connectivity index (χ3v) is 4.36. The Bertz CT molecular complexity index is 575.